The summed E-state index contributed by atoms with van der Waals surface area (Å²) in [7, 11) is 2.06. The van der Waals surface area contributed by atoms with Crippen molar-refractivity contribution in [2.45, 2.75) is 57.6 Å². The van der Waals surface area contributed by atoms with Gasteiger partial charge in [-0.15, -0.1) is 0 Å². The maximum Gasteiger partial charge on any atom is 0.108 e. The summed E-state index contributed by atoms with van der Waals surface area (Å²) in [6.07, 6.45) is 11.3. The Bertz CT molecular complexity index is 358. The summed E-state index contributed by atoms with van der Waals surface area (Å²) >= 11 is 0. The van der Waals surface area contributed by atoms with Crippen molar-refractivity contribution in [1.82, 2.24) is 14.9 Å². The van der Waals surface area contributed by atoms with Crippen LogP contribution < -0.4 is 5.32 Å². The van der Waals surface area contributed by atoms with E-state index in [0.29, 0.717) is 12.1 Å². The lowest BCUT2D eigenvalue weighted by molar-refractivity contribution is -0.00925. The number of imidazole rings is 1. The molecule has 0 bridgehead atoms. The third-order valence-electron chi connectivity index (χ3n) is 3.92. The van der Waals surface area contributed by atoms with Crippen molar-refractivity contribution in [3.05, 3.63) is 18.2 Å². The van der Waals surface area contributed by atoms with Crippen molar-refractivity contribution >= 4 is 0 Å². The number of aryl methyl sites for hydroxylation is 2. The Hall–Kier alpha value is -0.870. The predicted octanol–water partition coefficient (Wildman–Crippen LogP) is 2.29. The summed E-state index contributed by atoms with van der Waals surface area (Å²) < 4.78 is 8.06. The van der Waals surface area contributed by atoms with E-state index in [9.17, 15) is 0 Å². The molecule has 1 fully saturated rings. The highest BCUT2D eigenvalue weighted by Crippen LogP contribution is 2.19. The number of hydrogen-bond donors (Lipinski definition) is 1. The fraction of sp³-hybridized carbons (Fsp3) is 0.800. The van der Waals surface area contributed by atoms with E-state index in [2.05, 4.69) is 28.8 Å². The molecule has 4 nitrogen and oxygen atoms in total. The lowest BCUT2D eigenvalue weighted by Gasteiger charge is -2.31. The number of aromatic nitrogens is 2. The first-order chi connectivity index (χ1) is 9.31. The fourth-order valence-corrected chi connectivity index (χ4v) is 2.75. The molecule has 0 radical (unpaired) electrons. The Morgan fingerprint density at radius 1 is 1.53 bits per heavy atom. The molecule has 0 saturated carbocycles. The number of hydrogen-bond acceptors (Lipinski definition) is 3. The summed E-state index contributed by atoms with van der Waals surface area (Å²) in [6.45, 7) is 4.22. The van der Waals surface area contributed by atoms with Gasteiger partial charge in [-0.3, -0.25) is 0 Å². The van der Waals surface area contributed by atoms with E-state index in [1.807, 2.05) is 12.4 Å². The second-order valence-electron chi connectivity index (χ2n) is 5.46. The van der Waals surface area contributed by atoms with Gasteiger partial charge in [0, 0.05) is 38.5 Å². The summed E-state index contributed by atoms with van der Waals surface area (Å²) in [5.74, 6) is 1.17. The Kier molecular flexibility index (Phi) is 5.86. The molecular formula is C15H27N3O. The highest BCUT2D eigenvalue weighted by atomic mass is 16.5. The Balaban J connectivity index is 1.87. The number of nitrogens with one attached hydrogen (secondary N) is 1. The summed E-state index contributed by atoms with van der Waals surface area (Å²) in [6, 6.07) is 0.469. The molecule has 1 aromatic heterocycles. The van der Waals surface area contributed by atoms with Crippen molar-refractivity contribution in [3.8, 4) is 0 Å². The topological polar surface area (TPSA) is 39.1 Å². The van der Waals surface area contributed by atoms with Crippen LogP contribution in [0.3, 0.4) is 0 Å². The number of rotatable bonds is 7. The van der Waals surface area contributed by atoms with Crippen LogP contribution in [-0.2, 0) is 18.2 Å². The van der Waals surface area contributed by atoms with E-state index in [-0.39, 0.29) is 0 Å². The number of nitrogens with zero attached hydrogens (tertiary/aromatic N) is 2. The van der Waals surface area contributed by atoms with Gasteiger partial charge in [0.15, 0.2) is 0 Å². The molecule has 1 N–H and O–H groups in total. The summed E-state index contributed by atoms with van der Waals surface area (Å²) in [4.78, 5) is 4.41. The minimum atomic E-state index is 0.389. The smallest absolute Gasteiger partial charge is 0.108 e. The molecule has 1 aromatic rings. The molecule has 2 unspecified atom stereocenters. The highest BCUT2D eigenvalue weighted by molar-refractivity contribution is 4.93. The maximum absolute atomic E-state index is 5.95. The molecule has 2 atom stereocenters. The zero-order valence-corrected chi connectivity index (χ0v) is 12.3. The molecule has 19 heavy (non-hydrogen) atoms. The van der Waals surface area contributed by atoms with E-state index in [4.69, 9.17) is 4.74 Å². The van der Waals surface area contributed by atoms with Crippen molar-refractivity contribution in [2.75, 3.05) is 13.2 Å². The third-order valence-corrected chi connectivity index (χ3v) is 3.92. The van der Waals surface area contributed by atoms with Crippen LogP contribution in [0.15, 0.2) is 12.4 Å². The average Bonchev–Trinajstić information content (AvgIpc) is 2.85. The lowest BCUT2D eigenvalue weighted by atomic mass is 9.98. The Labute approximate surface area is 116 Å². The van der Waals surface area contributed by atoms with Gasteiger partial charge in [-0.1, -0.05) is 6.92 Å². The minimum Gasteiger partial charge on any atom is -0.377 e. The van der Waals surface area contributed by atoms with Crippen LogP contribution in [0, 0.1) is 0 Å². The zero-order chi connectivity index (χ0) is 13.5. The van der Waals surface area contributed by atoms with E-state index < -0.39 is 0 Å². The highest BCUT2D eigenvalue weighted by Gasteiger charge is 2.24. The second kappa shape index (κ2) is 7.65. The van der Waals surface area contributed by atoms with Crippen LogP contribution in [-0.4, -0.2) is 34.8 Å². The Morgan fingerprint density at radius 2 is 2.42 bits per heavy atom. The first-order valence-corrected chi connectivity index (χ1v) is 7.62. The van der Waals surface area contributed by atoms with Crippen LogP contribution in [0.5, 0.6) is 0 Å². The van der Waals surface area contributed by atoms with Gasteiger partial charge in [-0.25, -0.2) is 4.98 Å². The van der Waals surface area contributed by atoms with Gasteiger partial charge in [0.1, 0.15) is 5.82 Å². The molecular weight excluding hydrogens is 238 g/mol. The molecule has 0 aromatic carbocycles. The van der Waals surface area contributed by atoms with Crippen molar-refractivity contribution in [1.29, 1.82) is 0 Å². The predicted molar refractivity (Wildman–Crippen MR) is 77.2 cm³/mol. The van der Waals surface area contributed by atoms with Gasteiger partial charge in [-0.05, 0) is 38.6 Å². The van der Waals surface area contributed by atoms with Crippen LogP contribution in [0.1, 0.15) is 44.9 Å². The van der Waals surface area contributed by atoms with Crippen LogP contribution in [0.4, 0.5) is 0 Å². The molecule has 108 valence electrons. The fourth-order valence-electron chi connectivity index (χ4n) is 2.75. The van der Waals surface area contributed by atoms with Crippen LogP contribution >= 0.6 is 0 Å². The normalized spacial score (nSPS) is 21.5. The molecule has 0 aliphatic carbocycles. The van der Waals surface area contributed by atoms with Crippen LogP contribution in [0.25, 0.3) is 0 Å². The summed E-state index contributed by atoms with van der Waals surface area (Å²) in [5, 5.41) is 3.66. The zero-order valence-electron chi connectivity index (χ0n) is 12.3. The van der Waals surface area contributed by atoms with E-state index >= 15 is 0 Å². The summed E-state index contributed by atoms with van der Waals surface area (Å²) in [5.41, 5.74) is 0. The standard InChI is InChI=1S/C15H27N3O/c1-3-9-16-13(14-6-4-5-12-19-14)7-8-15-17-10-11-18(15)2/h10-11,13-14,16H,3-9,12H2,1-2H3. The third kappa shape index (κ3) is 4.32. The van der Waals surface area contributed by atoms with Gasteiger partial charge in [0.05, 0.1) is 6.10 Å². The molecule has 2 rings (SSSR count). The first kappa shape index (κ1) is 14.5. The van der Waals surface area contributed by atoms with Crippen LogP contribution in [0.2, 0.25) is 0 Å². The van der Waals surface area contributed by atoms with Gasteiger partial charge < -0.3 is 14.6 Å². The average molecular weight is 265 g/mol. The van der Waals surface area contributed by atoms with Gasteiger partial charge in [0.25, 0.3) is 0 Å². The molecule has 4 heteroatoms. The van der Waals surface area contributed by atoms with Crippen molar-refractivity contribution in [3.63, 3.8) is 0 Å². The molecule has 0 amide bonds. The quantitative estimate of drug-likeness (QED) is 0.822. The van der Waals surface area contributed by atoms with E-state index in [1.165, 1.54) is 31.5 Å². The molecule has 0 spiro atoms. The van der Waals surface area contributed by atoms with Gasteiger partial charge in [0.2, 0.25) is 0 Å². The van der Waals surface area contributed by atoms with Crippen molar-refractivity contribution < 1.29 is 4.74 Å². The van der Waals surface area contributed by atoms with E-state index in [0.717, 1.165) is 26.0 Å². The minimum absolute atomic E-state index is 0.389. The second-order valence-corrected chi connectivity index (χ2v) is 5.46. The lowest BCUT2D eigenvalue weighted by Crippen LogP contribution is -2.43. The molecule has 2 heterocycles. The number of ether oxygens (including phenoxy) is 1. The van der Waals surface area contributed by atoms with Gasteiger partial charge in [-0.2, -0.15) is 0 Å². The SMILES string of the molecule is CCCNC(CCc1nccn1C)C1CCCCO1. The van der Waals surface area contributed by atoms with E-state index in [1.54, 1.807) is 0 Å². The monoisotopic (exact) mass is 265 g/mol. The largest absolute Gasteiger partial charge is 0.377 e. The maximum atomic E-state index is 5.95. The molecule has 1 aliphatic heterocycles. The first-order valence-electron chi connectivity index (χ1n) is 7.62. The molecule has 1 saturated heterocycles. The van der Waals surface area contributed by atoms with Gasteiger partial charge >= 0.3 is 0 Å². The van der Waals surface area contributed by atoms with Crippen molar-refractivity contribution in [2.24, 2.45) is 7.05 Å². The molecule has 1 aliphatic rings. The Morgan fingerprint density at radius 3 is 3.05 bits per heavy atom.